The maximum Gasteiger partial charge on any atom is 0.254 e. The van der Waals surface area contributed by atoms with Crippen LogP contribution in [0.1, 0.15) is 35.7 Å². The molecule has 0 radical (unpaired) electrons. The van der Waals surface area contributed by atoms with Gasteiger partial charge in [0, 0.05) is 44.1 Å². The van der Waals surface area contributed by atoms with Crippen molar-refractivity contribution in [3.8, 4) is 0 Å². The van der Waals surface area contributed by atoms with Crippen molar-refractivity contribution < 1.29 is 4.79 Å². The highest BCUT2D eigenvalue weighted by Gasteiger charge is 2.25. The molecule has 1 aliphatic heterocycles. The summed E-state index contributed by atoms with van der Waals surface area (Å²) in [6, 6.07) is 9.73. The van der Waals surface area contributed by atoms with E-state index in [4.69, 9.17) is 0 Å². The molecule has 2 heterocycles. The van der Waals surface area contributed by atoms with E-state index in [1.54, 1.807) is 12.4 Å². The zero-order valence-corrected chi connectivity index (χ0v) is 13.6. The molecule has 5 heteroatoms. The van der Waals surface area contributed by atoms with E-state index < -0.39 is 0 Å². The Morgan fingerprint density at radius 2 is 1.65 bits per heavy atom. The van der Waals surface area contributed by atoms with Crippen molar-refractivity contribution in [3.63, 3.8) is 0 Å². The summed E-state index contributed by atoms with van der Waals surface area (Å²) in [7, 11) is 0. The first-order valence-electron chi connectivity index (χ1n) is 8.07. The van der Waals surface area contributed by atoms with Gasteiger partial charge in [0.25, 0.3) is 5.91 Å². The van der Waals surface area contributed by atoms with Gasteiger partial charge in [0.2, 0.25) is 5.95 Å². The molecule has 0 spiro atoms. The number of carbonyl (C=O) groups is 1. The SMILES string of the molecule is CC(C)c1ccccc1C(=O)N1CCN(c2ncccn2)CC1. The molecule has 0 bridgehead atoms. The molecule has 3 rings (SSSR count). The first-order valence-corrected chi connectivity index (χ1v) is 8.07. The van der Waals surface area contributed by atoms with Crippen LogP contribution >= 0.6 is 0 Å². The first-order chi connectivity index (χ1) is 11.2. The number of hydrogen-bond acceptors (Lipinski definition) is 4. The molecule has 0 aliphatic carbocycles. The Kier molecular flexibility index (Phi) is 4.55. The molecule has 2 aromatic rings. The first kappa shape index (κ1) is 15.5. The Balaban J connectivity index is 1.69. The van der Waals surface area contributed by atoms with Crippen molar-refractivity contribution in [1.29, 1.82) is 0 Å². The summed E-state index contributed by atoms with van der Waals surface area (Å²) in [5.41, 5.74) is 1.94. The number of anilines is 1. The topological polar surface area (TPSA) is 49.3 Å². The third kappa shape index (κ3) is 3.33. The van der Waals surface area contributed by atoms with Gasteiger partial charge in [-0.3, -0.25) is 4.79 Å². The van der Waals surface area contributed by atoms with Crippen molar-refractivity contribution in [2.24, 2.45) is 0 Å². The van der Waals surface area contributed by atoms with Crippen molar-refractivity contribution in [3.05, 3.63) is 53.9 Å². The van der Waals surface area contributed by atoms with Crippen LogP contribution in [0.3, 0.4) is 0 Å². The van der Waals surface area contributed by atoms with Gasteiger partial charge in [0.1, 0.15) is 0 Å². The maximum atomic E-state index is 12.8. The smallest absolute Gasteiger partial charge is 0.254 e. The second-order valence-corrected chi connectivity index (χ2v) is 6.07. The van der Waals surface area contributed by atoms with E-state index in [1.807, 2.05) is 35.2 Å². The molecule has 1 amide bonds. The maximum absolute atomic E-state index is 12.8. The molecule has 5 nitrogen and oxygen atoms in total. The number of nitrogens with zero attached hydrogens (tertiary/aromatic N) is 4. The minimum Gasteiger partial charge on any atom is -0.337 e. The standard InChI is InChI=1S/C18H22N4O/c1-14(2)15-6-3-4-7-16(15)17(23)21-10-12-22(13-11-21)18-19-8-5-9-20-18/h3-9,14H,10-13H2,1-2H3. The summed E-state index contributed by atoms with van der Waals surface area (Å²) in [5, 5.41) is 0. The minimum atomic E-state index is 0.128. The number of piperazine rings is 1. The molecular weight excluding hydrogens is 288 g/mol. The normalized spacial score (nSPS) is 15.1. The highest BCUT2D eigenvalue weighted by atomic mass is 16.2. The molecule has 0 atom stereocenters. The largest absolute Gasteiger partial charge is 0.337 e. The van der Waals surface area contributed by atoms with Crippen molar-refractivity contribution in [1.82, 2.24) is 14.9 Å². The van der Waals surface area contributed by atoms with Crippen molar-refractivity contribution in [2.75, 3.05) is 31.1 Å². The summed E-state index contributed by atoms with van der Waals surface area (Å²) in [6.07, 6.45) is 3.50. The van der Waals surface area contributed by atoms with Gasteiger partial charge >= 0.3 is 0 Å². The van der Waals surface area contributed by atoms with Crippen LogP contribution in [-0.2, 0) is 0 Å². The summed E-state index contributed by atoms with van der Waals surface area (Å²) in [6.45, 7) is 7.17. The molecular formula is C18H22N4O. The second-order valence-electron chi connectivity index (χ2n) is 6.07. The minimum absolute atomic E-state index is 0.128. The lowest BCUT2D eigenvalue weighted by atomic mass is 9.96. The predicted octanol–water partition coefficient (Wildman–Crippen LogP) is 2.56. The second kappa shape index (κ2) is 6.77. The lowest BCUT2D eigenvalue weighted by Crippen LogP contribution is -2.49. The van der Waals surface area contributed by atoms with E-state index in [2.05, 4.69) is 28.7 Å². The molecule has 1 aromatic heterocycles. The Morgan fingerprint density at radius 1 is 1.00 bits per heavy atom. The molecule has 120 valence electrons. The van der Waals surface area contributed by atoms with E-state index in [0.717, 1.165) is 30.2 Å². The van der Waals surface area contributed by atoms with Crippen LogP contribution < -0.4 is 4.90 Å². The molecule has 23 heavy (non-hydrogen) atoms. The monoisotopic (exact) mass is 310 g/mol. The molecule has 1 saturated heterocycles. The number of hydrogen-bond donors (Lipinski definition) is 0. The Bertz CT molecular complexity index is 664. The number of rotatable bonds is 3. The van der Waals surface area contributed by atoms with Crippen molar-refractivity contribution in [2.45, 2.75) is 19.8 Å². The summed E-state index contributed by atoms with van der Waals surface area (Å²) >= 11 is 0. The molecule has 0 saturated carbocycles. The van der Waals surface area contributed by atoms with Crippen molar-refractivity contribution >= 4 is 11.9 Å². The average molecular weight is 310 g/mol. The van der Waals surface area contributed by atoms with Gasteiger partial charge in [-0.25, -0.2) is 9.97 Å². The van der Waals surface area contributed by atoms with E-state index in [-0.39, 0.29) is 5.91 Å². The zero-order valence-electron chi connectivity index (χ0n) is 13.6. The third-order valence-electron chi connectivity index (χ3n) is 4.22. The summed E-state index contributed by atoms with van der Waals surface area (Å²) in [5.74, 6) is 1.21. The number of benzene rings is 1. The van der Waals surface area contributed by atoms with E-state index >= 15 is 0 Å². The predicted molar refractivity (Wildman–Crippen MR) is 90.7 cm³/mol. The van der Waals surface area contributed by atoms with Gasteiger partial charge in [0.15, 0.2) is 0 Å². The lowest BCUT2D eigenvalue weighted by Gasteiger charge is -2.35. The Labute approximate surface area is 137 Å². The number of aromatic nitrogens is 2. The van der Waals surface area contributed by atoms with Gasteiger partial charge in [-0.05, 0) is 23.6 Å². The number of amides is 1. The molecule has 0 N–H and O–H groups in total. The highest BCUT2D eigenvalue weighted by molar-refractivity contribution is 5.96. The van der Waals surface area contributed by atoms with Gasteiger partial charge in [-0.2, -0.15) is 0 Å². The fourth-order valence-electron chi connectivity index (χ4n) is 2.93. The van der Waals surface area contributed by atoms with Gasteiger partial charge in [-0.1, -0.05) is 32.0 Å². The van der Waals surface area contributed by atoms with Crippen LogP contribution in [0.15, 0.2) is 42.7 Å². The Hall–Kier alpha value is -2.43. The number of carbonyl (C=O) groups excluding carboxylic acids is 1. The molecule has 1 fully saturated rings. The molecule has 1 aromatic carbocycles. The zero-order chi connectivity index (χ0) is 16.2. The quantitative estimate of drug-likeness (QED) is 0.874. The average Bonchev–Trinajstić information content (AvgIpc) is 2.62. The van der Waals surface area contributed by atoms with Gasteiger partial charge in [0.05, 0.1) is 0 Å². The van der Waals surface area contributed by atoms with Crippen LogP contribution in [0.25, 0.3) is 0 Å². The van der Waals surface area contributed by atoms with Crippen LogP contribution in [0.5, 0.6) is 0 Å². The third-order valence-corrected chi connectivity index (χ3v) is 4.22. The molecule has 0 unspecified atom stereocenters. The van der Waals surface area contributed by atoms with Crippen LogP contribution in [0.2, 0.25) is 0 Å². The molecule has 1 aliphatic rings. The lowest BCUT2D eigenvalue weighted by molar-refractivity contribution is 0.0744. The van der Waals surface area contributed by atoms with Crippen LogP contribution in [0.4, 0.5) is 5.95 Å². The fourth-order valence-corrected chi connectivity index (χ4v) is 2.93. The van der Waals surface area contributed by atoms with Gasteiger partial charge < -0.3 is 9.80 Å². The van der Waals surface area contributed by atoms with Gasteiger partial charge in [-0.15, -0.1) is 0 Å². The fraction of sp³-hybridized carbons (Fsp3) is 0.389. The van der Waals surface area contributed by atoms with Crippen LogP contribution in [0, 0.1) is 0 Å². The van der Waals surface area contributed by atoms with E-state index in [0.29, 0.717) is 19.0 Å². The summed E-state index contributed by atoms with van der Waals surface area (Å²) < 4.78 is 0. The van der Waals surface area contributed by atoms with E-state index in [1.165, 1.54) is 0 Å². The Morgan fingerprint density at radius 3 is 2.30 bits per heavy atom. The van der Waals surface area contributed by atoms with E-state index in [9.17, 15) is 4.79 Å². The van der Waals surface area contributed by atoms with Crippen LogP contribution in [-0.4, -0.2) is 47.0 Å². The highest BCUT2D eigenvalue weighted by Crippen LogP contribution is 2.21. The summed E-state index contributed by atoms with van der Waals surface area (Å²) in [4.78, 5) is 25.5.